The lowest BCUT2D eigenvalue weighted by Crippen LogP contribution is -2.39. The molecule has 11 heteroatoms. The van der Waals surface area contributed by atoms with Gasteiger partial charge in [0.2, 0.25) is 11.9 Å². The molecule has 1 saturated heterocycles. The summed E-state index contributed by atoms with van der Waals surface area (Å²) in [5.41, 5.74) is 7.59. The number of ether oxygens (including phenoxy) is 1. The Hall–Kier alpha value is -3.57. The third-order valence-corrected chi connectivity index (χ3v) is 5.19. The topological polar surface area (TPSA) is 126 Å². The molecule has 1 aromatic carbocycles. The lowest BCUT2D eigenvalue weighted by molar-refractivity contribution is 0.0398. The Balaban J connectivity index is 1.22. The second kappa shape index (κ2) is 11.3. The molecule has 4 rings (SSSR count). The number of hydrogen-bond acceptors (Lipinski definition) is 10. The maximum Gasteiger partial charge on any atom is 0.224 e. The van der Waals surface area contributed by atoms with E-state index in [0.717, 1.165) is 62.5 Å². The van der Waals surface area contributed by atoms with E-state index in [9.17, 15) is 4.39 Å². The van der Waals surface area contributed by atoms with Crippen LogP contribution in [0.15, 0.2) is 42.7 Å². The molecule has 174 valence electrons. The van der Waals surface area contributed by atoms with E-state index in [4.69, 9.17) is 10.5 Å². The fraction of sp³-hybridized carbons (Fsp3) is 0.364. The van der Waals surface area contributed by atoms with Crippen molar-refractivity contribution in [2.45, 2.75) is 13.1 Å². The van der Waals surface area contributed by atoms with E-state index in [1.165, 1.54) is 0 Å². The van der Waals surface area contributed by atoms with Gasteiger partial charge in [-0.05, 0) is 17.2 Å². The standard InChI is InChI=1S/C22H28FN9O/c23-18-15-29-21(24)31-20(18)28-14-17-3-1-16(2-4-17)13-27-19-5-6-25-22(30-19)26-7-8-32-9-11-33-12-10-32/h1-6,15H,7-14H2,(H3,24,28,29,31)(H2,25,26,27,30). The van der Waals surface area contributed by atoms with Crippen LogP contribution in [0.3, 0.4) is 0 Å². The van der Waals surface area contributed by atoms with Crippen molar-refractivity contribution >= 4 is 23.5 Å². The van der Waals surface area contributed by atoms with Crippen LogP contribution in [0.1, 0.15) is 11.1 Å². The van der Waals surface area contributed by atoms with Gasteiger partial charge in [0.25, 0.3) is 0 Å². The molecule has 0 aliphatic carbocycles. The molecule has 1 aliphatic heterocycles. The summed E-state index contributed by atoms with van der Waals surface area (Å²) >= 11 is 0. The van der Waals surface area contributed by atoms with Crippen molar-refractivity contribution < 1.29 is 9.13 Å². The number of aromatic nitrogens is 4. The Morgan fingerprint density at radius 1 is 0.939 bits per heavy atom. The smallest absolute Gasteiger partial charge is 0.224 e. The minimum absolute atomic E-state index is 0.0282. The SMILES string of the molecule is Nc1ncc(F)c(NCc2ccc(CNc3ccnc(NCCN4CCOCC4)n3)cc2)n1. The average molecular weight is 454 g/mol. The number of hydrogen-bond donors (Lipinski definition) is 4. The van der Waals surface area contributed by atoms with Crippen molar-refractivity contribution in [1.29, 1.82) is 0 Å². The van der Waals surface area contributed by atoms with E-state index in [0.29, 0.717) is 19.0 Å². The number of nitrogens with zero attached hydrogens (tertiary/aromatic N) is 5. The predicted octanol–water partition coefficient (Wildman–Crippen LogP) is 1.96. The number of benzene rings is 1. The number of rotatable bonds is 10. The third-order valence-electron chi connectivity index (χ3n) is 5.19. The Labute approximate surface area is 191 Å². The molecule has 0 unspecified atom stereocenters. The molecule has 3 heterocycles. The zero-order valence-electron chi connectivity index (χ0n) is 18.3. The van der Waals surface area contributed by atoms with Gasteiger partial charge in [0.05, 0.1) is 19.4 Å². The number of halogens is 1. The Morgan fingerprint density at radius 3 is 2.42 bits per heavy atom. The fourth-order valence-corrected chi connectivity index (χ4v) is 3.35. The van der Waals surface area contributed by atoms with E-state index >= 15 is 0 Å². The van der Waals surface area contributed by atoms with Gasteiger partial charge < -0.3 is 26.4 Å². The highest BCUT2D eigenvalue weighted by Crippen LogP contribution is 2.13. The molecule has 33 heavy (non-hydrogen) atoms. The highest BCUT2D eigenvalue weighted by molar-refractivity contribution is 5.42. The van der Waals surface area contributed by atoms with Crippen LogP contribution in [0.25, 0.3) is 0 Å². The fourth-order valence-electron chi connectivity index (χ4n) is 3.35. The lowest BCUT2D eigenvalue weighted by Gasteiger charge is -2.26. The predicted molar refractivity (Wildman–Crippen MR) is 125 cm³/mol. The summed E-state index contributed by atoms with van der Waals surface area (Å²) in [4.78, 5) is 18.7. The van der Waals surface area contributed by atoms with Crippen molar-refractivity contribution in [2.75, 3.05) is 61.1 Å². The monoisotopic (exact) mass is 453 g/mol. The number of nitrogens with one attached hydrogen (secondary N) is 3. The second-order valence-corrected chi connectivity index (χ2v) is 7.59. The molecule has 1 aliphatic rings. The van der Waals surface area contributed by atoms with Gasteiger partial charge in [-0.1, -0.05) is 24.3 Å². The summed E-state index contributed by atoms with van der Waals surface area (Å²) < 4.78 is 19.1. The Morgan fingerprint density at radius 2 is 1.67 bits per heavy atom. The maximum atomic E-state index is 13.7. The molecule has 1 fully saturated rings. The van der Waals surface area contributed by atoms with Gasteiger partial charge in [-0.3, -0.25) is 4.90 Å². The van der Waals surface area contributed by atoms with Crippen LogP contribution in [0, 0.1) is 5.82 Å². The number of nitrogen functional groups attached to an aromatic ring is 1. The van der Waals surface area contributed by atoms with E-state index in [2.05, 4.69) is 40.8 Å². The zero-order valence-corrected chi connectivity index (χ0v) is 18.3. The summed E-state index contributed by atoms with van der Waals surface area (Å²) in [6.45, 7) is 6.27. The number of morpholine rings is 1. The molecule has 0 spiro atoms. The molecule has 0 amide bonds. The largest absolute Gasteiger partial charge is 0.379 e. The highest BCUT2D eigenvalue weighted by Gasteiger charge is 2.10. The molecule has 0 saturated carbocycles. The first kappa shape index (κ1) is 22.6. The molecule has 0 bridgehead atoms. The van der Waals surface area contributed by atoms with Crippen molar-refractivity contribution in [3.8, 4) is 0 Å². The summed E-state index contributed by atoms with van der Waals surface area (Å²) in [6, 6.07) is 9.82. The van der Waals surface area contributed by atoms with Gasteiger partial charge in [-0.15, -0.1) is 0 Å². The summed E-state index contributed by atoms with van der Waals surface area (Å²) in [7, 11) is 0. The average Bonchev–Trinajstić information content (AvgIpc) is 2.85. The van der Waals surface area contributed by atoms with Crippen molar-refractivity contribution in [1.82, 2.24) is 24.8 Å². The molecular weight excluding hydrogens is 425 g/mol. The lowest BCUT2D eigenvalue weighted by atomic mass is 10.1. The molecule has 5 N–H and O–H groups in total. The van der Waals surface area contributed by atoms with Crippen LogP contribution >= 0.6 is 0 Å². The normalized spacial score (nSPS) is 14.1. The first-order valence-corrected chi connectivity index (χ1v) is 10.9. The number of anilines is 4. The summed E-state index contributed by atoms with van der Waals surface area (Å²) in [6.07, 6.45) is 2.79. The minimum Gasteiger partial charge on any atom is -0.379 e. The first-order chi connectivity index (χ1) is 16.2. The van der Waals surface area contributed by atoms with Gasteiger partial charge in [-0.2, -0.15) is 9.97 Å². The Kier molecular flexibility index (Phi) is 7.77. The van der Waals surface area contributed by atoms with Gasteiger partial charge in [0.1, 0.15) is 5.82 Å². The van der Waals surface area contributed by atoms with Crippen molar-refractivity contribution in [2.24, 2.45) is 0 Å². The van der Waals surface area contributed by atoms with Gasteiger partial charge in [0.15, 0.2) is 11.6 Å². The van der Waals surface area contributed by atoms with E-state index < -0.39 is 5.82 Å². The van der Waals surface area contributed by atoms with Crippen molar-refractivity contribution in [3.63, 3.8) is 0 Å². The van der Waals surface area contributed by atoms with Gasteiger partial charge in [-0.25, -0.2) is 14.4 Å². The van der Waals surface area contributed by atoms with Crippen LogP contribution in [0.5, 0.6) is 0 Å². The molecular formula is C22H28FN9O. The second-order valence-electron chi connectivity index (χ2n) is 7.59. The van der Waals surface area contributed by atoms with Gasteiger partial charge in [0, 0.05) is 45.5 Å². The van der Waals surface area contributed by atoms with Crippen LogP contribution in [0.4, 0.5) is 27.9 Å². The third kappa shape index (κ3) is 6.96. The van der Waals surface area contributed by atoms with Crippen LogP contribution in [-0.2, 0) is 17.8 Å². The molecule has 3 aromatic rings. The minimum atomic E-state index is -0.537. The van der Waals surface area contributed by atoms with Crippen molar-refractivity contribution in [3.05, 3.63) is 59.7 Å². The summed E-state index contributed by atoms with van der Waals surface area (Å²) in [5.74, 6) is 0.936. The molecule has 0 radical (unpaired) electrons. The summed E-state index contributed by atoms with van der Waals surface area (Å²) in [5, 5.41) is 9.53. The van der Waals surface area contributed by atoms with Gasteiger partial charge >= 0.3 is 0 Å². The highest BCUT2D eigenvalue weighted by atomic mass is 19.1. The Bertz CT molecular complexity index is 1030. The number of nitrogens with two attached hydrogens (primary N) is 1. The van der Waals surface area contributed by atoms with Crippen LogP contribution < -0.4 is 21.7 Å². The quantitative estimate of drug-likeness (QED) is 0.362. The van der Waals surface area contributed by atoms with Crippen LogP contribution in [-0.4, -0.2) is 64.2 Å². The molecule has 2 aromatic heterocycles. The first-order valence-electron chi connectivity index (χ1n) is 10.9. The van der Waals surface area contributed by atoms with E-state index in [1.807, 2.05) is 30.3 Å². The van der Waals surface area contributed by atoms with Crippen LogP contribution in [0.2, 0.25) is 0 Å². The van der Waals surface area contributed by atoms with E-state index in [1.54, 1.807) is 6.20 Å². The maximum absolute atomic E-state index is 13.7. The zero-order chi connectivity index (χ0) is 22.9. The van der Waals surface area contributed by atoms with E-state index in [-0.39, 0.29) is 11.8 Å². The molecule has 0 atom stereocenters. The molecule has 10 nitrogen and oxygen atoms in total.